The molecule has 0 aromatic heterocycles. The molecular formula is C11H14ClNO. The van der Waals surface area contributed by atoms with E-state index in [0.29, 0.717) is 11.4 Å². The average molecular weight is 212 g/mol. The second-order valence-electron chi connectivity index (χ2n) is 4.06. The fourth-order valence-corrected chi connectivity index (χ4v) is 2.30. The molecule has 0 spiro atoms. The van der Waals surface area contributed by atoms with Gasteiger partial charge in [0.25, 0.3) is 0 Å². The summed E-state index contributed by atoms with van der Waals surface area (Å²) < 4.78 is 0. The molecule has 1 aromatic carbocycles. The van der Waals surface area contributed by atoms with Crippen molar-refractivity contribution >= 4 is 11.6 Å². The predicted octanol–water partition coefficient (Wildman–Crippen LogP) is 2.04. The zero-order valence-corrected chi connectivity index (χ0v) is 8.67. The molecular weight excluding hydrogens is 198 g/mol. The minimum absolute atomic E-state index is 0.265. The summed E-state index contributed by atoms with van der Waals surface area (Å²) in [5.74, 6) is 0. The van der Waals surface area contributed by atoms with Gasteiger partial charge in [-0.25, -0.2) is 0 Å². The van der Waals surface area contributed by atoms with Crippen molar-refractivity contribution in [2.45, 2.75) is 30.9 Å². The topological polar surface area (TPSA) is 46.2 Å². The Morgan fingerprint density at radius 2 is 2.29 bits per heavy atom. The van der Waals surface area contributed by atoms with Crippen LogP contribution in [-0.4, -0.2) is 11.2 Å². The normalized spacial score (nSPS) is 32.1. The smallest absolute Gasteiger partial charge is 0.0561 e. The van der Waals surface area contributed by atoms with Gasteiger partial charge in [-0.05, 0) is 37.0 Å². The van der Waals surface area contributed by atoms with Gasteiger partial charge in [-0.2, -0.15) is 0 Å². The lowest BCUT2D eigenvalue weighted by Gasteiger charge is -2.24. The van der Waals surface area contributed by atoms with E-state index in [0.717, 1.165) is 18.4 Å². The van der Waals surface area contributed by atoms with Gasteiger partial charge in [0.15, 0.2) is 0 Å². The monoisotopic (exact) mass is 211 g/mol. The predicted molar refractivity (Wildman–Crippen MR) is 57.2 cm³/mol. The molecule has 2 unspecified atom stereocenters. The quantitative estimate of drug-likeness (QED) is 0.747. The number of halogens is 1. The number of aliphatic hydroxyl groups excluding tert-OH is 1. The maximum absolute atomic E-state index is 9.48. The average Bonchev–Trinajstić information content (AvgIpc) is 2.48. The Morgan fingerprint density at radius 1 is 1.50 bits per heavy atom. The van der Waals surface area contributed by atoms with Gasteiger partial charge in [0, 0.05) is 10.6 Å². The Bertz CT molecular complexity index is 342. The van der Waals surface area contributed by atoms with Gasteiger partial charge in [-0.3, -0.25) is 0 Å². The summed E-state index contributed by atoms with van der Waals surface area (Å²) in [4.78, 5) is 0. The first-order valence-electron chi connectivity index (χ1n) is 4.83. The number of nitrogens with two attached hydrogens (primary N) is 1. The van der Waals surface area contributed by atoms with E-state index in [1.165, 1.54) is 0 Å². The highest BCUT2D eigenvalue weighted by atomic mass is 35.5. The lowest BCUT2D eigenvalue weighted by molar-refractivity contribution is 0.174. The molecule has 2 nitrogen and oxygen atoms in total. The SMILES string of the molecule is NC1(c2cccc(Cl)c2)CCC(O)C1. The molecule has 1 aromatic rings. The van der Waals surface area contributed by atoms with Crippen LogP contribution in [0, 0.1) is 0 Å². The van der Waals surface area contributed by atoms with Crippen LogP contribution in [-0.2, 0) is 5.54 Å². The zero-order chi connectivity index (χ0) is 10.2. The van der Waals surface area contributed by atoms with E-state index in [4.69, 9.17) is 17.3 Å². The summed E-state index contributed by atoms with van der Waals surface area (Å²) in [7, 11) is 0. The second kappa shape index (κ2) is 3.54. The van der Waals surface area contributed by atoms with Gasteiger partial charge in [-0.1, -0.05) is 23.7 Å². The van der Waals surface area contributed by atoms with E-state index in [-0.39, 0.29) is 11.6 Å². The first kappa shape index (κ1) is 9.97. The highest BCUT2D eigenvalue weighted by Crippen LogP contribution is 2.37. The number of benzene rings is 1. The number of aliphatic hydroxyl groups is 1. The van der Waals surface area contributed by atoms with Crippen molar-refractivity contribution in [1.29, 1.82) is 0 Å². The third-order valence-corrected chi connectivity index (χ3v) is 3.16. The Labute approximate surface area is 88.7 Å². The van der Waals surface area contributed by atoms with Crippen LogP contribution in [0.4, 0.5) is 0 Å². The van der Waals surface area contributed by atoms with E-state index < -0.39 is 0 Å². The molecule has 0 heterocycles. The Balaban J connectivity index is 2.30. The van der Waals surface area contributed by atoms with Crippen LogP contribution >= 0.6 is 11.6 Å². The van der Waals surface area contributed by atoms with Crippen molar-refractivity contribution < 1.29 is 5.11 Å². The van der Waals surface area contributed by atoms with Crippen LogP contribution in [0.3, 0.4) is 0 Å². The maximum Gasteiger partial charge on any atom is 0.0561 e. The highest BCUT2D eigenvalue weighted by Gasteiger charge is 2.36. The summed E-state index contributed by atoms with van der Waals surface area (Å²) in [5.41, 5.74) is 6.87. The van der Waals surface area contributed by atoms with Crippen LogP contribution in [0.2, 0.25) is 5.02 Å². The van der Waals surface area contributed by atoms with E-state index in [1.807, 2.05) is 24.3 Å². The fraction of sp³-hybridized carbons (Fsp3) is 0.455. The van der Waals surface area contributed by atoms with Crippen molar-refractivity contribution in [2.24, 2.45) is 5.73 Å². The largest absolute Gasteiger partial charge is 0.393 e. The molecule has 3 heteroatoms. The van der Waals surface area contributed by atoms with Crippen LogP contribution in [0.15, 0.2) is 24.3 Å². The summed E-state index contributed by atoms with van der Waals surface area (Å²) in [6.07, 6.45) is 1.98. The molecule has 1 aliphatic rings. The molecule has 2 rings (SSSR count). The van der Waals surface area contributed by atoms with E-state index in [9.17, 15) is 5.11 Å². The molecule has 0 radical (unpaired) electrons. The van der Waals surface area contributed by atoms with E-state index in [1.54, 1.807) is 0 Å². The lowest BCUT2D eigenvalue weighted by atomic mass is 9.89. The highest BCUT2D eigenvalue weighted by molar-refractivity contribution is 6.30. The van der Waals surface area contributed by atoms with Crippen LogP contribution in [0.5, 0.6) is 0 Å². The molecule has 3 N–H and O–H groups in total. The standard InChI is InChI=1S/C11H14ClNO/c12-9-3-1-2-8(6-9)11(13)5-4-10(14)7-11/h1-3,6,10,14H,4-5,7,13H2. The molecule has 0 bridgehead atoms. The molecule has 1 saturated carbocycles. The van der Waals surface area contributed by atoms with Gasteiger partial charge in [-0.15, -0.1) is 0 Å². The first-order chi connectivity index (χ1) is 6.60. The van der Waals surface area contributed by atoms with Crippen molar-refractivity contribution in [3.63, 3.8) is 0 Å². The summed E-state index contributed by atoms with van der Waals surface area (Å²) >= 11 is 5.90. The van der Waals surface area contributed by atoms with E-state index in [2.05, 4.69) is 0 Å². The number of hydrogen-bond donors (Lipinski definition) is 2. The maximum atomic E-state index is 9.48. The van der Waals surface area contributed by atoms with Gasteiger partial charge < -0.3 is 10.8 Å². The minimum Gasteiger partial charge on any atom is -0.393 e. The molecule has 0 amide bonds. The molecule has 2 atom stereocenters. The Morgan fingerprint density at radius 3 is 2.86 bits per heavy atom. The van der Waals surface area contributed by atoms with Gasteiger partial charge in [0.1, 0.15) is 0 Å². The van der Waals surface area contributed by atoms with Crippen LogP contribution < -0.4 is 5.73 Å². The fourth-order valence-electron chi connectivity index (χ4n) is 2.11. The summed E-state index contributed by atoms with van der Waals surface area (Å²) in [5, 5.41) is 10.2. The molecule has 1 aliphatic carbocycles. The third kappa shape index (κ3) is 1.78. The second-order valence-corrected chi connectivity index (χ2v) is 4.50. The number of hydrogen-bond acceptors (Lipinski definition) is 2. The van der Waals surface area contributed by atoms with Crippen LogP contribution in [0.25, 0.3) is 0 Å². The van der Waals surface area contributed by atoms with Gasteiger partial charge in [0.2, 0.25) is 0 Å². The molecule has 1 fully saturated rings. The zero-order valence-electron chi connectivity index (χ0n) is 7.91. The lowest BCUT2D eigenvalue weighted by Crippen LogP contribution is -2.34. The molecule has 0 saturated heterocycles. The van der Waals surface area contributed by atoms with Gasteiger partial charge >= 0.3 is 0 Å². The van der Waals surface area contributed by atoms with Crippen LogP contribution in [0.1, 0.15) is 24.8 Å². The summed E-state index contributed by atoms with van der Waals surface area (Å²) in [6.45, 7) is 0. The molecule has 14 heavy (non-hydrogen) atoms. The Kier molecular flexibility index (Phi) is 2.52. The number of rotatable bonds is 1. The minimum atomic E-state index is -0.385. The van der Waals surface area contributed by atoms with Crippen molar-refractivity contribution in [2.75, 3.05) is 0 Å². The van der Waals surface area contributed by atoms with Crippen molar-refractivity contribution in [3.05, 3.63) is 34.9 Å². The summed E-state index contributed by atoms with van der Waals surface area (Å²) in [6, 6.07) is 7.60. The molecule has 0 aliphatic heterocycles. The van der Waals surface area contributed by atoms with E-state index >= 15 is 0 Å². The van der Waals surface area contributed by atoms with Gasteiger partial charge in [0.05, 0.1) is 6.10 Å². The first-order valence-corrected chi connectivity index (χ1v) is 5.21. The molecule has 76 valence electrons. The van der Waals surface area contributed by atoms with Crippen molar-refractivity contribution in [1.82, 2.24) is 0 Å². The Hall–Kier alpha value is -0.570. The third-order valence-electron chi connectivity index (χ3n) is 2.92. The van der Waals surface area contributed by atoms with Crippen molar-refractivity contribution in [3.8, 4) is 0 Å².